The molecule has 0 aromatic carbocycles. The first-order valence-corrected chi connectivity index (χ1v) is 4.87. The third-order valence-corrected chi connectivity index (χ3v) is 2.21. The first kappa shape index (κ1) is 11.5. The first-order chi connectivity index (χ1) is 5.68. The number of nitrogens with two attached hydrogens (primary N) is 1. The van der Waals surface area contributed by atoms with Crippen molar-refractivity contribution < 1.29 is 0 Å². The summed E-state index contributed by atoms with van der Waals surface area (Å²) in [5, 5.41) is 0. The van der Waals surface area contributed by atoms with E-state index in [1.165, 1.54) is 12.8 Å². The average molecular weight is 167 g/mol. The van der Waals surface area contributed by atoms with Gasteiger partial charge in [0.1, 0.15) is 0 Å². The summed E-state index contributed by atoms with van der Waals surface area (Å²) >= 11 is 0. The van der Waals surface area contributed by atoms with E-state index in [0.717, 1.165) is 19.3 Å². The van der Waals surface area contributed by atoms with Gasteiger partial charge in [-0.15, -0.1) is 12.3 Å². The highest BCUT2D eigenvalue weighted by Crippen LogP contribution is 2.09. The molecule has 0 fully saturated rings. The molecular weight excluding hydrogens is 146 g/mol. The minimum atomic E-state index is 0.371. The van der Waals surface area contributed by atoms with Crippen LogP contribution in [0, 0.1) is 18.3 Å². The molecule has 0 heterocycles. The Morgan fingerprint density at radius 2 is 1.92 bits per heavy atom. The molecule has 70 valence electrons. The molecule has 0 saturated heterocycles. The van der Waals surface area contributed by atoms with Crippen molar-refractivity contribution in [2.45, 2.75) is 52.0 Å². The van der Waals surface area contributed by atoms with Crippen molar-refractivity contribution in [3.63, 3.8) is 0 Å². The molecule has 0 amide bonds. The molecular formula is C11H21N. The second kappa shape index (κ2) is 7.18. The van der Waals surface area contributed by atoms with Crippen LogP contribution in [-0.2, 0) is 0 Å². The predicted octanol–water partition coefficient (Wildman–Crippen LogP) is 2.55. The molecule has 1 atom stereocenters. The van der Waals surface area contributed by atoms with Gasteiger partial charge in [-0.1, -0.05) is 26.7 Å². The van der Waals surface area contributed by atoms with Gasteiger partial charge in [-0.3, -0.25) is 0 Å². The zero-order valence-electron chi connectivity index (χ0n) is 8.34. The highest BCUT2D eigenvalue weighted by molar-refractivity contribution is 4.82. The Labute approximate surface area is 76.7 Å². The van der Waals surface area contributed by atoms with E-state index in [2.05, 4.69) is 19.8 Å². The normalized spacial score (nSPS) is 12.9. The largest absolute Gasteiger partial charge is 0.327 e. The van der Waals surface area contributed by atoms with Gasteiger partial charge >= 0.3 is 0 Å². The minimum Gasteiger partial charge on any atom is -0.327 e. The predicted molar refractivity (Wildman–Crippen MR) is 54.7 cm³/mol. The number of terminal acetylenes is 1. The van der Waals surface area contributed by atoms with Crippen LogP contribution in [0.4, 0.5) is 0 Å². The highest BCUT2D eigenvalue weighted by Gasteiger charge is 2.05. The smallest absolute Gasteiger partial charge is 0.00860 e. The SMILES string of the molecule is C#CCCCCC[C@H](N)C(C)C. The summed E-state index contributed by atoms with van der Waals surface area (Å²) in [5.41, 5.74) is 5.89. The maximum absolute atomic E-state index is 5.89. The maximum Gasteiger partial charge on any atom is 0.00860 e. The second-order valence-electron chi connectivity index (χ2n) is 3.71. The van der Waals surface area contributed by atoms with Gasteiger partial charge in [0.25, 0.3) is 0 Å². The second-order valence-corrected chi connectivity index (χ2v) is 3.71. The zero-order chi connectivity index (χ0) is 9.40. The third-order valence-electron chi connectivity index (χ3n) is 2.21. The molecule has 2 N–H and O–H groups in total. The van der Waals surface area contributed by atoms with Crippen LogP contribution in [0.2, 0.25) is 0 Å². The molecule has 0 unspecified atom stereocenters. The number of hydrogen-bond donors (Lipinski definition) is 1. The average Bonchev–Trinajstić information content (AvgIpc) is 2.03. The molecule has 1 heteroatoms. The molecule has 0 bridgehead atoms. The van der Waals surface area contributed by atoms with Crippen LogP contribution in [0.25, 0.3) is 0 Å². The topological polar surface area (TPSA) is 26.0 Å². The fraction of sp³-hybridized carbons (Fsp3) is 0.818. The molecule has 1 nitrogen and oxygen atoms in total. The molecule has 0 aromatic rings. The van der Waals surface area contributed by atoms with Gasteiger partial charge in [0.05, 0.1) is 0 Å². The van der Waals surface area contributed by atoms with E-state index in [-0.39, 0.29) is 0 Å². The van der Waals surface area contributed by atoms with Crippen molar-refractivity contribution in [1.29, 1.82) is 0 Å². The van der Waals surface area contributed by atoms with Crippen molar-refractivity contribution in [3.05, 3.63) is 0 Å². The summed E-state index contributed by atoms with van der Waals surface area (Å²) < 4.78 is 0. The van der Waals surface area contributed by atoms with E-state index in [9.17, 15) is 0 Å². The van der Waals surface area contributed by atoms with Gasteiger partial charge in [-0.05, 0) is 18.8 Å². The highest BCUT2D eigenvalue weighted by atomic mass is 14.6. The number of rotatable bonds is 6. The fourth-order valence-corrected chi connectivity index (χ4v) is 1.12. The Kier molecular flexibility index (Phi) is 6.90. The van der Waals surface area contributed by atoms with Gasteiger partial charge in [0, 0.05) is 12.5 Å². The van der Waals surface area contributed by atoms with E-state index in [1.54, 1.807) is 0 Å². The van der Waals surface area contributed by atoms with Crippen LogP contribution >= 0.6 is 0 Å². The van der Waals surface area contributed by atoms with Crippen LogP contribution in [0.15, 0.2) is 0 Å². The quantitative estimate of drug-likeness (QED) is 0.477. The van der Waals surface area contributed by atoms with E-state index < -0.39 is 0 Å². The monoisotopic (exact) mass is 167 g/mol. The van der Waals surface area contributed by atoms with E-state index >= 15 is 0 Å². The summed E-state index contributed by atoms with van der Waals surface area (Å²) in [7, 11) is 0. The Balaban J connectivity index is 3.15. The van der Waals surface area contributed by atoms with Gasteiger partial charge in [0.15, 0.2) is 0 Å². The standard InChI is InChI=1S/C11H21N/c1-4-5-6-7-8-9-11(12)10(2)3/h1,10-11H,5-9,12H2,2-3H3/t11-/m0/s1. The minimum absolute atomic E-state index is 0.371. The van der Waals surface area contributed by atoms with Gasteiger partial charge < -0.3 is 5.73 Å². The molecule has 0 aliphatic rings. The number of unbranched alkanes of at least 4 members (excludes halogenated alkanes) is 3. The number of hydrogen-bond acceptors (Lipinski definition) is 1. The van der Waals surface area contributed by atoms with Crippen LogP contribution in [-0.4, -0.2) is 6.04 Å². The lowest BCUT2D eigenvalue weighted by atomic mass is 9.99. The van der Waals surface area contributed by atoms with Crippen LogP contribution in [0.5, 0.6) is 0 Å². The lowest BCUT2D eigenvalue weighted by Crippen LogP contribution is -2.25. The van der Waals surface area contributed by atoms with Gasteiger partial charge in [-0.2, -0.15) is 0 Å². The van der Waals surface area contributed by atoms with E-state index in [0.29, 0.717) is 12.0 Å². The van der Waals surface area contributed by atoms with Crippen molar-refractivity contribution >= 4 is 0 Å². The Hall–Kier alpha value is -0.480. The third kappa shape index (κ3) is 6.24. The van der Waals surface area contributed by atoms with Gasteiger partial charge in [-0.25, -0.2) is 0 Å². The Morgan fingerprint density at radius 1 is 1.25 bits per heavy atom. The molecule has 0 aliphatic heterocycles. The summed E-state index contributed by atoms with van der Waals surface area (Å²) in [4.78, 5) is 0. The summed E-state index contributed by atoms with van der Waals surface area (Å²) in [5.74, 6) is 3.26. The maximum atomic E-state index is 5.89. The Bertz CT molecular complexity index is 132. The molecule has 0 spiro atoms. The van der Waals surface area contributed by atoms with Crippen LogP contribution < -0.4 is 5.73 Å². The zero-order valence-corrected chi connectivity index (χ0v) is 8.34. The molecule has 12 heavy (non-hydrogen) atoms. The van der Waals surface area contributed by atoms with Crippen molar-refractivity contribution in [2.24, 2.45) is 11.7 Å². The fourth-order valence-electron chi connectivity index (χ4n) is 1.12. The van der Waals surface area contributed by atoms with Gasteiger partial charge in [0.2, 0.25) is 0 Å². The van der Waals surface area contributed by atoms with Crippen molar-refractivity contribution in [2.75, 3.05) is 0 Å². The summed E-state index contributed by atoms with van der Waals surface area (Å²) in [6, 6.07) is 0.371. The Morgan fingerprint density at radius 3 is 2.42 bits per heavy atom. The first-order valence-electron chi connectivity index (χ1n) is 4.87. The lowest BCUT2D eigenvalue weighted by Gasteiger charge is -2.14. The van der Waals surface area contributed by atoms with E-state index in [4.69, 9.17) is 12.2 Å². The molecule has 0 radical (unpaired) electrons. The molecule has 0 saturated carbocycles. The van der Waals surface area contributed by atoms with Crippen molar-refractivity contribution in [3.8, 4) is 12.3 Å². The van der Waals surface area contributed by atoms with Crippen molar-refractivity contribution in [1.82, 2.24) is 0 Å². The molecule has 0 rings (SSSR count). The van der Waals surface area contributed by atoms with E-state index in [1.807, 2.05) is 0 Å². The summed E-state index contributed by atoms with van der Waals surface area (Å²) in [6.45, 7) is 4.35. The summed E-state index contributed by atoms with van der Waals surface area (Å²) in [6.07, 6.45) is 10.8. The lowest BCUT2D eigenvalue weighted by molar-refractivity contribution is 0.443. The van der Waals surface area contributed by atoms with Crippen LogP contribution in [0.3, 0.4) is 0 Å². The molecule has 0 aromatic heterocycles. The van der Waals surface area contributed by atoms with Crippen LogP contribution in [0.1, 0.15) is 46.0 Å². The molecule has 0 aliphatic carbocycles.